The summed E-state index contributed by atoms with van der Waals surface area (Å²) in [5.41, 5.74) is 3.77. The van der Waals surface area contributed by atoms with Gasteiger partial charge in [0, 0.05) is 42.9 Å². The predicted molar refractivity (Wildman–Crippen MR) is 125 cm³/mol. The van der Waals surface area contributed by atoms with Crippen molar-refractivity contribution < 1.29 is 0 Å². The van der Waals surface area contributed by atoms with Gasteiger partial charge in [0.1, 0.15) is 0 Å². The number of aliphatic imine (C=N–C) groups is 1. The van der Waals surface area contributed by atoms with Gasteiger partial charge in [-0.1, -0.05) is 12.1 Å². The molecule has 6 heteroatoms. The van der Waals surface area contributed by atoms with Gasteiger partial charge < -0.3 is 15.5 Å². The van der Waals surface area contributed by atoms with E-state index in [1.54, 1.807) is 11.3 Å². The molecular weight excluding hydrogens is 378 g/mol. The van der Waals surface area contributed by atoms with Gasteiger partial charge in [-0.3, -0.25) is 4.99 Å². The van der Waals surface area contributed by atoms with E-state index in [0.717, 1.165) is 44.0 Å². The summed E-state index contributed by atoms with van der Waals surface area (Å²) in [6.45, 7) is 10.4. The number of unbranched alkanes of at least 4 members (excludes halogenated alkanes) is 1. The molecule has 0 bridgehead atoms. The third-order valence-electron chi connectivity index (χ3n) is 5.27. The summed E-state index contributed by atoms with van der Waals surface area (Å²) >= 11 is 1.76. The minimum absolute atomic E-state index is 0.216. The number of hydrogen-bond acceptors (Lipinski definition) is 4. The van der Waals surface area contributed by atoms with Gasteiger partial charge in [0.25, 0.3) is 0 Å². The molecule has 2 N–H and O–H groups in total. The number of hydrogen-bond donors (Lipinski definition) is 2. The monoisotopic (exact) mass is 413 g/mol. The van der Waals surface area contributed by atoms with Crippen molar-refractivity contribution in [3.05, 3.63) is 45.9 Å². The predicted octanol–water partition coefficient (Wildman–Crippen LogP) is 4.69. The average molecular weight is 414 g/mol. The van der Waals surface area contributed by atoms with Gasteiger partial charge in [-0.15, -0.1) is 11.3 Å². The zero-order valence-electron chi connectivity index (χ0n) is 18.1. The first-order valence-electron chi connectivity index (χ1n) is 11.0. The van der Waals surface area contributed by atoms with Crippen molar-refractivity contribution in [1.82, 2.24) is 15.6 Å². The van der Waals surface area contributed by atoms with Crippen LogP contribution < -0.4 is 15.5 Å². The van der Waals surface area contributed by atoms with Crippen LogP contribution in [0.2, 0.25) is 0 Å². The molecule has 1 saturated heterocycles. The van der Waals surface area contributed by atoms with Crippen LogP contribution >= 0.6 is 11.3 Å². The third-order valence-corrected chi connectivity index (χ3v) is 6.30. The largest absolute Gasteiger partial charge is 0.372 e. The van der Waals surface area contributed by atoms with E-state index >= 15 is 0 Å². The van der Waals surface area contributed by atoms with Crippen molar-refractivity contribution in [2.75, 3.05) is 31.1 Å². The summed E-state index contributed by atoms with van der Waals surface area (Å²) in [6, 6.07) is 9.14. The molecule has 1 atom stereocenters. The first-order valence-corrected chi connectivity index (χ1v) is 11.8. The maximum atomic E-state index is 4.78. The van der Waals surface area contributed by atoms with Gasteiger partial charge in [0.2, 0.25) is 0 Å². The van der Waals surface area contributed by atoms with E-state index < -0.39 is 0 Å². The van der Waals surface area contributed by atoms with Crippen molar-refractivity contribution in [1.29, 1.82) is 0 Å². The first-order chi connectivity index (χ1) is 14.2. The summed E-state index contributed by atoms with van der Waals surface area (Å²) < 4.78 is 0. The summed E-state index contributed by atoms with van der Waals surface area (Å²) in [5, 5.41) is 10.3. The Labute approximate surface area is 179 Å². The fraction of sp³-hybridized carbons (Fsp3) is 0.565. The van der Waals surface area contributed by atoms with Gasteiger partial charge >= 0.3 is 0 Å². The van der Waals surface area contributed by atoms with Gasteiger partial charge in [-0.05, 0) is 70.6 Å². The molecule has 0 radical (unpaired) electrons. The number of anilines is 1. The Bertz CT molecular complexity index is 779. The lowest BCUT2D eigenvalue weighted by molar-refractivity contribution is 0.677. The minimum Gasteiger partial charge on any atom is -0.372 e. The SMILES string of the molecule is CCNC(=NCCCCc1nc(C)cs1)NC(C)c1cccc(N2CCCC2)c1. The third kappa shape index (κ3) is 6.74. The number of aromatic nitrogens is 1. The lowest BCUT2D eigenvalue weighted by Gasteiger charge is -2.22. The molecular formula is C23H35N5S. The molecule has 158 valence electrons. The van der Waals surface area contributed by atoms with Crippen molar-refractivity contribution >= 4 is 23.0 Å². The summed E-state index contributed by atoms with van der Waals surface area (Å²) in [6.07, 6.45) is 5.86. The highest BCUT2D eigenvalue weighted by Crippen LogP contribution is 2.24. The molecule has 5 nitrogen and oxygen atoms in total. The number of benzene rings is 1. The van der Waals surface area contributed by atoms with Crippen molar-refractivity contribution in [2.45, 2.75) is 58.9 Å². The average Bonchev–Trinajstić information content (AvgIpc) is 3.40. The van der Waals surface area contributed by atoms with Crippen LogP contribution in [0, 0.1) is 6.92 Å². The Morgan fingerprint density at radius 2 is 2.10 bits per heavy atom. The van der Waals surface area contributed by atoms with Crippen LogP contribution in [-0.4, -0.2) is 37.1 Å². The molecule has 1 aliphatic rings. The van der Waals surface area contributed by atoms with Gasteiger partial charge in [-0.25, -0.2) is 4.98 Å². The van der Waals surface area contributed by atoms with Gasteiger partial charge in [0.05, 0.1) is 11.0 Å². The van der Waals surface area contributed by atoms with E-state index in [9.17, 15) is 0 Å². The Balaban J connectivity index is 1.50. The van der Waals surface area contributed by atoms with Gasteiger partial charge in [-0.2, -0.15) is 0 Å². The number of nitrogens with zero attached hydrogens (tertiary/aromatic N) is 3. The second-order valence-electron chi connectivity index (χ2n) is 7.76. The zero-order chi connectivity index (χ0) is 20.5. The highest BCUT2D eigenvalue weighted by molar-refractivity contribution is 7.09. The second-order valence-corrected chi connectivity index (χ2v) is 8.70. The second kappa shape index (κ2) is 11.2. The van der Waals surface area contributed by atoms with Crippen molar-refractivity contribution in [3.8, 4) is 0 Å². The molecule has 29 heavy (non-hydrogen) atoms. The molecule has 0 aliphatic carbocycles. The molecule has 1 aromatic carbocycles. The minimum atomic E-state index is 0.216. The molecule has 2 heterocycles. The Morgan fingerprint density at radius 3 is 2.83 bits per heavy atom. The standard InChI is InChI=1S/C23H35N5S/c1-4-24-23(25-13-6-5-12-22-26-18(2)17-29-22)27-19(3)20-10-9-11-21(16-20)28-14-7-8-15-28/h9-11,16-17,19H,4-8,12-15H2,1-3H3,(H2,24,25,27). The topological polar surface area (TPSA) is 52.6 Å². The molecule has 0 spiro atoms. The van der Waals surface area contributed by atoms with Crippen LogP contribution in [0.1, 0.15) is 61.8 Å². The normalized spacial score (nSPS) is 15.6. The smallest absolute Gasteiger partial charge is 0.191 e. The number of guanidine groups is 1. The van der Waals surface area contributed by atoms with Crippen LogP contribution in [-0.2, 0) is 6.42 Å². The van der Waals surface area contributed by atoms with E-state index in [0.29, 0.717) is 0 Å². The molecule has 1 fully saturated rings. The lowest BCUT2D eigenvalue weighted by Crippen LogP contribution is -2.38. The van der Waals surface area contributed by atoms with Crippen LogP contribution in [0.4, 0.5) is 5.69 Å². The van der Waals surface area contributed by atoms with Gasteiger partial charge in [0.15, 0.2) is 5.96 Å². The Hall–Kier alpha value is -2.08. The summed E-state index contributed by atoms with van der Waals surface area (Å²) in [7, 11) is 0. The maximum absolute atomic E-state index is 4.78. The summed E-state index contributed by atoms with van der Waals surface area (Å²) in [5.74, 6) is 0.900. The first kappa shape index (κ1) is 21.6. The Morgan fingerprint density at radius 1 is 1.28 bits per heavy atom. The number of aryl methyl sites for hydroxylation is 2. The molecule has 2 aromatic rings. The van der Waals surface area contributed by atoms with Crippen molar-refractivity contribution in [2.24, 2.45) is 4.99 Å². The van der Waals surface area contributed by atoms with E-state index in [1.807, 2.05) is 0 Å². The zero-order valence-corrected chi connectivity index (χ0v) is 18.9. The van der Waals surface area contributed by atoms with E-state index in [1.165, 1.54) is 42.2 Å². The quantitative estimate of drug-likeness (QED) is 0.356. The molecule has 1 aromatic heterocycles. The molecule has 1 unspecified atom stereocenters. The molecule has 1 aliphatic heterocycles. The highest BCUT2D eigenvalue weighted by atomic mass is 32.1. The van der Waals surface area contributed by atoms with Crippen LogP contribution in [0.25, 0.3) is 0 Å². The fourth-order valence-corrected chi connectivity index (χ4v) is 4.49. The maximum Gasteiger partial charge on any atom is 0.191 e. The number of thiazole rings is 1. The summed E-state index contributed by atoms with van der Waals surface area (Å²) in [4.78, 5) is 11.8. The van der Waals surface area contributed by atoms with Crippen LogP contribution in [0.5, 0.6) is 0 Å². The molecule has 0 saturated carbocycles. The fourth-order valence-electron chi connectivity index (χ4n) is 3.67. The van der Waals surface area contributed by atoms with E-state index in [4.69, 9.17) is 4.99 Å². The highest BCUT2D eigenvalue weighted by Gasteiger charge is 2.14. The number of rotatable bonds is 9. The van der Waals surface area contributed by atoms with E-state index in [2.05, 4.69) is 70.9 Å². The van der Waals surface area contributed by atoms with Crippen LogP contribution in [0.3, 0.4) is 0 Å². The van der Waals surface area contributed by atoms with Crippen LogP contribution in [0.15, 0.2) is 34.6 Å². The van der Waals surface area contributed by atoms with E-state index in [-0.39, 0.29) is 6.04 Å². The Kier molecular flexibility index (Phi) is 8.35. The lowest BCUT2D eigenvalue weighted by atomic mass is 10.1. The number of nitrogens with one attached hydrogen (secondary N) is 2. The molecule has 0 amide bonds. The van der Waals surface area contributed by atoms with Crippen molar-refractivity contribution in [3.63, 3.8) is 0 Å². The molecule has 3 rings (SSSR count).